The molecule has 1 fully saturated rings. The van der Waals surface area contributed by atoms with Crippen molar-refractivity contribution in [2.24, 2.45) is 0 Å². The van der Waals surface area contributed by atoms with Crippen molar-refractivity contribution in [3.63, 3.8) is 0 Å². The number of rotatable bonds is 3. The summed E-state index contributed by atoms with van der Waals surface area (Å²) in [5, 5.41) is 1.02. The Morgan fingerprint density at radius 3 is 2.56 bits per heavy atom. The smallest absolute Gasteiger partial charge is 0.145 e. The number of nitrogen functional groups attached to an aromatic ring is 1. The quantitative estimate of drug-likeness (QED) is 0.923. The number of nitrogens with zero attached hydrogens (tertiary/aromatic N) is 2. The predicted octanol–water partition coefficient (Wildman–Crippen LogP) is 3.23. The number of aryl methyl sites for hydroxylation is 1. The summed E-state index contributed by atoms with van der Waals surface area (Å²) in [6, 6.07) is 0. The molecule has 1 aromatic heterocycles. The highest BCUT2D eigenvalue weighted by atomic mass is 32.2. The van der Waals surface area contributed by atoms with Gasteiger partial charge in [0, 0.05) is 28.0 Å². The van der Waals surface area contributed by atoms with Crippen LogP contribution in [0.1, 0.15) is 42.6 Å². The van der Waals surface area contributed by atoms with Crippen LogP contribution < -0.4 is 5.73 Å². The Kier molecular flexibility index (Phi) is 4.78. The number of hydrogen-bond donors (Lipinski definition) is 1. The lowest BCUT2D eigenvalue weighted by Gasteiger charge is -2.29. The average molecular weight is 283 g/mol. The van der Waals surface area contributed by atoms with Gasteiger partial charge in [0.05, 0.1) is 5.25 Å². The number of thioether (sulfide) groups is 2. The Morgan fingerprint density at radius 1 is 1.22 bits per heavy atom. The maximum absolute atomic E-state index is 6.06. The van der Waals surface area contributed by atoms with E-state index in [1.165, 1.54) is 17.9 Å². The fraction of sp³-hybridized carbons (Fsp3) is 0.692. The van der Waals surface area contributed by atoms with Crippen LogP contribution in [0.2, 0.25) is 0 Å². The molecular formula is C13H21N3S2. The summed E-state index contributed by atoms with van der Waals surface area (Å²) in [5.74, 6) is 4.03. The minimum atomic E-state index is 0.403. The van der Waals surface area contributed by atoms with Crippen LogP contribution in [0.15, 0.2) is 0 Å². The van der Waals surface area contributed by atoms with Crippen LogP contribution in [0.25, 0.3) is 0 Å². The zero-order chi connectivity index (χ0) is 13.1. The van der Waals surface area contributed by atoms with Crippen molar-refractivity contribution >= 4 is 29.3 Å². The van der Waals surface area contributed by atoms with Crippen molar-refractivity contribution < 1.29 is 0 Å². The maximum atomic E-state index is 6.06. The van der Waals surface area contributed by atoms with Crippen LogP contribution in [0.4, 0.5) is 5.82 Å². The first kappa shape index (κ1) is 14.0. The second kappa shape index (κ2) is 6.15. The number of aromatic nitrogens is 2. The normalized spacial score (nSPS) is 24.2. The van der Waals surface area contributed by atoms with Gasteiger partial charge in [0.1, 0.15) is 11.6 Å². The third kappa shape index (κ3) is 2.77. The van der Waals surface area contributed by atoms with E-state index in [4.69, 9.17) is 10.7 Å². The standard InChI is InChI=1S/C13H21N3S2/c1-4-9-8(3)15-13(16-12(9)14)11-10(5-2)17-6-7-18-11/h10-11H,4-7H2,1-3H3,(H2,14,15,16). The van der Waals surface area contributed by atoms with E-state index in [1.807, 2.05) is 30.4 Å². The number of nitrogens with two attached hydrogens (primary N) is 1. The summed E-state index contributed by atoms with van der Waals surface area (Å²) in [7, 11) is 0. The highest BCUT2D eigenvalue weighted by Crippen LogP contribution is 2.43. The molecule has 1 saturated heterocycles. The first-order valence-corrected chi connectivity index (χ1v) is 8.63. The van der Waals surface area contributed by atoms with Crippen molar-refractivity contribution in [2.45, 2.75) is 44.1 Å². The molecule has 2 atom stereocenters. The fourth-order valence-corrected chi connectivity index (χ4v) is 5.34. The second-order valence-corrected chi connectivity index (χ2v) is 7.09. The summed E-state index contributed by atoms with van der Waals surface area (Å²) in [4.78, 5) is 9.26. The summed E-state index contributed by atoms with van der Waals surface area (Å²) < 4.78 is 0. The molecule has 3 nitrogen and oxygen atoms in total. The van der Waals surface area contributed by atoms with E-state index in [0.717, 1.165) is 23.5 Å². The van der Waals surface area contributed by atoms with Gasteiger partial charge < -0.3 is 5.73 Å². The zero-order valence-electron chi connectivity index (χ0n) is 11.3. The molecule has 0 radical (unpaired) electrons. The molecule has 0 aliphatic carbocycles. The van der Waals surface area contributed by atoms with Crippen LogP contribution in [0, 0.1) is 6.92 Å². The molecule has 2 heterocycles. The van der Waals surface area contributed by atoms with Gasteiger partial charge in [0.25, 0.3) is 0 Å². The van der Waals surface area contributed by atoms with Crippen molar-refractivity contribution in [3.05, 3.63) is 17.1 Å². The van der Waals surface area contributed by atoms with E-state index in [2.05, 4.69) is 18.8 Å². The lowest BCUT2D eigenvalue weighted by Crippen LogP contribution is -2.21. The summed E-state index contributed by atoms with van der Waals surface area (Å²) in [6.45, 7) is 6.39. The van der Waals surface area contributed by atoms with E-state index in [0.29, 0.717) is 16.3 Å². The molecule has 2 N–H and O–H groups in total. The second-order valence-electron chi connectivity index (χ2n) is 4.49. The lowest BCUT2D eigenvalue weighted by molar-refractivity contribution is 0.743. The van der Waals surface area contributed by atoms with E-state index in [9.17, 15) is 0 Å². The third-order valence-corrected chi connectivity index (χ3v) is 6.57. The topological polar surface area (TPSA) is 51.8 Å². The van der Waals surface area contributed by atoms with Crippen LogP contribution in [0.5, 0.6) is 0 Å². The van der Waals surface area contributed by atoms with Crippen molar-refractivity contribution in [1.29, 1.82) is 0 Å². The van der Waals surface area contributed by atoms with Gasteiger partial charge in [-0.2, -0.15) is 11.8 Å². The van der Waals surface area contributed by atoms with Gasteiger partial charge in [-0.25, -0.2) is 9.97 Å². The third-order valence-electron chi connectivity index (χ3n) is 3.32. The summed E-state index contributed by atoms with van der Waals surface area (Å²) in [6.07, 6.45) is 2.07. The molecule has 0 spiro atoms. The Balaban J connectivity index is 2.32. The fourth-order valence-electron chi connectivity index (χ4n) is 2.35. The van der Waals surface area contributed by atoms with Crippen LogP contribution in [-0.2, 0) is 6.42 Å². The van der Waals surface area contributed by atoms with Crippen molar-refractivity contribution in [2.75, 3.05) is 17.2 Å². The number of anilines is 1. The van der Waals surface area contributed by atoms with Gasteiger partial charge in [0.2, 0.25) is 0 Å². The van der Waals surface area contributed by atoms with Crippen LogP contribution >= 0.6 is 23.5 Å². The molecule has 0 saturated carbocycles. The Bertz CT molecular complexity index is 400. The average Bonchev–Trinajstić information content (AvgIpc) is 2.38. The SMILES string of the molecule is CCc1c(C)nc(C2SCCSC2CC)nc1N. The molecule has 2 rings (SSSR count). The molecule has 0 aromatic carbocycles. The Labute approximate surface area is 118 Å². The molecular weight excluding hydrogens is 262 g/mol. The number of hydrogen-bond acceptors (Lipinski definition) is 5. The van der Waals surface area contributed by atoms with Crippen LogP contribution in [0.3, 0.4) is 0 Å². The molecule has 5 heteroatoms. The zero-order valence-corrected chi connectivity index (χ0v) is 12.9. The van der Waals surface area contributed by atoms with E-state index < -0.39 is 0 Å². The van der Waals surface area contributed by atoms with Gasteiger partial charge >= 0.3 is 0 Å². The van der Waals surface area contributed by atoms with Gasteiger partial charge in [0.15, 0.2) is 0 Å². The predicted molar refractivity (Wildman–Crippen MR) is 82.3 cm³/mol. The largest absolute Gasteiger partial charge is 0.383 e. The Morgan fingerprint density at radius 2 is 1.94 bits per heavy atom. The van der Waals surface area contributed by atoms with Gasteiger partial charge in [-0.05, 0) is 19.8 Å². The molecule has 18 heavy (non-hydrogen) atoms. The van der Waals surface area contributed by atoms with E-state index in [1.54, 1.807) is 0 Å². The summed E-state index contributed by atoms with van der Waals surface area (Å²) in [5.41, 5.74) is 8.20. The minimum absolute atomic E-state index is 0.403. The monoisotopic (exact) mass is 283 g/mol. The first-order chi connectivity index (χ1) is 8.67. The van der Waals surface area contributed by atoms with Crippen LogP contribution in [-0.4, -0.2) is 26.7 Å². The van der Waals surface area contributed by atoms with Gasteiger partial charge in [-0.1, -0.05) is 13.8 Å². The first-order valence-electron chi connectivity index (χ1n) is 6.53. The molecule has 1 aliphatic rings. The van der Waals surface area contributed by atoms with Gasteiger partial charge in [-0.15, -0.1) is 11.8 Å². The maximum Gasteiger partial charge on any atom is 0.145 e. The highest BCUT2D eigenvalue weighted by Gasteiger charge is 2.29. The highest BCUT2D eigenvalue weighted by molar-refractivity contribution is 8.06. The molecule has 100 valence electrons. The molecule has 2 unspecified atom stereocenters. The van der Waals surface area contributed by atoms with E-state index in [-0.39, 0.29) is 0 Å². The Hall–Kier alpha value is -0.420. The molecule has 1 aliphatic heterocycles. The van der Waals surface area contributed by atoms with Crippen molar-refractivity contribution in [3.8, 4) is 0 Å². The summed E-state index contributed by atoms with van der Waals surface area (Å²) >= 11 is 4.02. The van der Waals surface area contributed by atoms with Crippen molar-refractivity contribution in [1.82, 2.24) is 9.97 Å². The molecule has 1 aromatic rings. The molecule has 0 amide bonds. The molecule has 0 bridgehead atoms. The lowest BCUT2D eigenvalue weighted by atomic mass is 10.1. The van der Waals surface area contributed by atoms with Gasteiger partial charge in [-0.3, -0.25) is 0 Å². The van der Waals surface area contributed by atoms with E-state index >= 15 is 0 Å². The minimum Gasteiger partial charge on any atom is -0.383 e.